The standard InChI is InChI=1S/C23H18FN3O3/c1-14-9-16(15(2)27(14)20-6-4-3-5-19(20)24)10-17(12-25)23(28)26-18-7-8-21-22(11-18)30-13-29-21/h3-11H,13H2,1-2H3,(H,26,28)/b17-10+. The number of hydrogen-bond acceptors (Lipinski definition) is 4. The molecule has 0 bridgehead atoms. The third-order valence-corrected chi connectivity index (χ3v) is 4.86. The van der Waals surface area contributed by atoms with E-state index in [4.69, 9.17) is 9.47 Å². The zero-order chi connectivity index (χ0) is 21.3. The Bertz CT molecular complexity index is 1220. The largest absolute Gasteiger partial charge is 0.454 e. The van der Waals surface area contributed by atoms with Gasteiger partial charge in [0.2, 0.25) is 6.79 Å². The summed E-state index contributed by atoms with van der Waals surface area (Å²) in [4.78, 5) is 12.6. The third kappa shape index (κ3) is 3.51. The molecular formula is C23H18FN3O3. The molecule has 2 heterocycles. The van der Waals surface area contributed by atoms with Gasteiger partial charge in [0, 0.05) is 23.1 Å². The Hall–Kier alpha value is -4.05. The predicted octanol–water partition coefficient (Wildman–Crippen LogP) is 4.51. The van der Waals surface area contributed by atoms with E-state index in [2.05, 4.69) is 5.32 Å². The second-order valence-electron chi connectivity index (χ2n) is 6.81. The van der Waals surface area contributed by atoms with Gasteiger partial charge in [0.15, 0.2) is 11.5 Å². The van der Waals surface area contributed by atoms with Gasteiger partial charge >= 0.3 is 0 Å². The number of carbonyl (C=O) groups is 1. The lowest BCUT2D eigenvalue weighted by Crippen LogP contribution is -2.13. The van der Waals surface area contributed by atoms with Crippen LogP contribution in [0.4, 0.5) is 10.1 Å². The highest BCUT2D eigenvalue weighted by molar-refractivity contribution is 6.09. The number of nitriles is 1. The minimum absolute atomic E-state index is 0.0681. The van der Waals surface area contributed by atoms with E-state index in [9.17, 15) is 14.4 Å². The minimum Gasteiger partial charge on any atom is -0.454 e. The quantitative estimate of drug-likeness (QED) is 0.514. The van der Waals surface area contributed by atoms with Crippen LogP contribution in [-0.4, -0.2) is 17.3 Å². The van der Waals surface area contributed by atoms with Gasteiger partial charge in [-0.15, -0.1) is 0 Å². The molecule has 6 nitrogen and oxygen atoms in total. The fourth-order valence-corrected chi connectivity index (χ4v) is 3.41. The van der Waals surface area contributed by atoms with Crippen LogP contribution in [0.15, 0.2) is 54.1 Å². The highest BCUT2D eigenvalue weighted by Crippen LogP contribution is 2.34. The summed E-state index contributed by atoms with van der Waals surface area (Å²) in [6, 6.07) is 15.2. The van der Waals surface area contributed by atoms with Crippen molar-refractivity contribution < 1.29 is 18.7 Å². The van der Waals surface area contributed by atoms with Gasteiger partial charge in [0.25, 0.3) is 5.91 Å². The number of benzene rings is 2. The minimum atomic E-state index is -0.549. The molecule has 1 N–H and O–H groups in total. The molecule has 3 aromatic rings. The van der Waals surface area contributed by atoms with Gasteiger partial charge in [-0.2, -0.15) is 5.26 Å². The lowest BCUT2D eigenvalue weighted by molar-refractivity contribution is -0.112. The molecule has 7 heteroatoms. The highest BCUT2D eigenvalue weighted by atomic mass is 19.1. The van der Waals surface area contributed by atoms with E-state index in [0.717, 1.165) is 11.4 Å². The average molecular weight is 403 g/mol. The SMILES string of the molecule is Cc1cc(/C=C(\C#N)C(=O)Nc2ccc3c(c2)OCO3)c(C)n1-c1ccccc1F. The first-order chi connectivity index (χ1) is 14.5. The number of hydrogen-bond donors (Lipinski definition) is 1. The molecule has 0 fully saturated rings. The van der Waals surface area contributed by atoms with E-state index in [-0.39, 0.29) is 18.2 Å². The maximum atomic E-state index is 14.3. The maximum Gasteiger partial charge on any atom is 0.266 e. The summed E-state index contributed by atoms with van der Waals surface area (Å²) in [6.07, 6.45) is 1.50. The molecule has 0 atom stereocenters. The number of amides is 1. The Morgan fingerprint density at radius 3 is 2.70 bits per heavy atom. The molecule has 2 aromatic carbocycles. The van der Waals surface area contributed by atoms with Crippen LogP contribution < -0.4 is 14.8 Å². The number of ether oxygens (including phenoxy) is 2. The molecular weight excluding hydrogens is 385 g/mol. The molecule has 0 aliphatic carbocycles. The fraction of sp³-hybridized carbons (Fsp3) is 0.130. The summed E-state index contributed by atoms with van der Waals surface area (Å²) < 4.78 is 26.6. The number of rotatable bonds is 4. The molecule has 0 saturated carbocycles. The van der Waals surface area contributed by atoms with Crippen molar-refractivity contribution in [2.45, 2.75) is 13.8 Å². The Morgan fingerprint density at radius 1 is 1.17 bits per heavy atom. The Labute approximate surface area is 172 Å². The van der Waals surface area contributed by atoms with E-state index in [1.807, 2.05) is 26.0 Å². The highest BCUT2D eigenvalue weighted by Gasteiger charge is 2.17. The molecule has 0 radical (unpaired) electrons. The number of halogens is 1. The molecule has 1 aromatic heterocycles. The molecule has 0 unspecified atom stereocenters. The van der Waals surface area contributed by atoms with Crippen molar-refractivity contribution >= 4 is 17.7 Å². The van der Waals surface area contributed by atoms with Crippen LogP contribution in [0.1, 0.15) is 17.0 Å². The smallest absolute Gasteiger partial charge is 0.266 e. The molecule has 150 valence electrons. The van der Waals surface area contributed by atoms with Crippen LogP contribution in [0.2, 0.25) is 0 Å². The molecule has 30 heavy (non-hydrogen) atoms. The number of carbonyl (C=O) groups excluding carboxylic acids is 1. The number of anilines is 1. The number of aromatic nitrogens is 1. The van der Waals surface area contributed by atoms with Crippen LogP contribution in [-0.2, 0) is 4.79 Å². The zero-order valence-corrected chi connectivity index (χ0v) is 16.4. The normalized spacial score (nSPS) is 12.5. The van der Waals surface area contributed by atoms with E-state index in [1.54, 1.807) is 41.0 Å². The molecule has 4 rings (SSSR count). The molecule has 1 amide bonds. The average Bonchev–Trinajstić information content (AvgIpc) is 3.30. The first-order valence-corrected chi connectivity index (χ1v) is 9.24. The van der Waals surface area contributed by atoms with Crippen molar-refractivity contribution in [3.8, 4) is 23.3 Å². The van der Waals surface area contributed by atoms with Crippen molar-refractivity contribution in [3.63, 3.8) is 0 Å². The van der Waals surface area contributed by atoms with E-state index in [1.165, 1.54) is 12.1 Å². The summed E-state index contributed by atoms with van der Waals surface area (Å²) in [6.45, 7) is 3.79. The van der Waals surface area contributed by atoms with Gasteiger partial charge in [-0.1, -0.05) is 12.1 Å². The van der Waals surface area contributed by atoms with Crippen molar-refractivity contribution in [1.29, 1.82) is 5.26 Å². The maximum absolute atomic E-state index is 14.3. The van der Waals surface area contributed by atoms with E-state index < -0.39 is 5.91 Å². The van der Waals surface area contributed by atoms with Crippen LogP contribution in [0, 0.1) is 31.0 Å². The molecule has 0 saturated heterocycles. The van der Waals surface area contributed by atoms with Gasteiger partial charge in [0.05, 0.1) is 5.69 Å². The fourth-order valence-electron chi connectivity index (χ4n) is 3.41. The Balaban J connectivity index is 1.63. The van der Waals surface area contributed by atoms with Gasteiger partial charge < -0.3 is 19.4 Å². The van der Waals surface area contributed by atoms with E-state index >= 15 is 0 Å². The van der Waals surface area contributed by atoms with Crippen LogP contribution in [0.25, 0.3) is 11.8 Å². The Morgan fingerprint density at radius 2 is 1.93 bits per heavy atom. The van der Waals surface area contributed by atoms with Crippen LogP contribution in [0.3, 0.4) is 0 Å². The van der Waals surface area contributed by atoms with Gasteiger partial charge in [0.1, 0.15) is 17.5 Å². The van der Waals surface area contributed by atoms with Crippen molar-refractivity contribution in [2.24, 2.45) is 0 Å². The lowest BCUT2D eigenvalue weighted by atomic mass is 10.1. The summed E-state index contributed by atoms with van der Waals surface area (Å²) in [5, 5.41) is 12.2. The van der Waals surface area contributed by atoms with Crippen molar-refractivity contribution in [1.82, 2.24) is 4.57 Å². The monoisotopic (exact) mass is 403 g/mol. The van der Waals surface area contributed by atoms with Gasteiger partial charge in [-0.25, -0.2) is 4.39 Å². The van der Waals surface area contributed by atoms with Gasteiger partial charge in [-0.05, 0) is 55.8 Å². The summed E-state index contributed by atoms with van der Waals surface area (Å²) in [7, 11) is 0. The zero-order valence-electron chi connectivity index (χ0n) is 16.4. The lowest BCUT2D eigenvalue weighted by Gasteiger charge is -2.10. The summed E-state index contributed by atoms with van der Waals surface area (Å²) in [5.41, 5.74) is 3.01. The van der Waals surface area contributed by atoms with E-state index in [0.29, 0.717) is 28.4 Å². The molecule has 1 aliphatic rings. The molecule has 1 aliphatic heterocycles. The van der Waals surface area contributed by atoms with Crippen LogP contribution >= 0.6 is 0 Å². The third-order valence-electron chi connectivity index (χ3n) is 4.86. The van der Waals surface area contributed by atoms with Crippen molar-refractivity contribution in [3.05, 3.63) is 76.9 Å². The molecule has 0 spiro atoms. The first kappa shape index (κ1) is 19.3. The van der Waals surface area contributed by atoms with Gasteiger partial charge in [-0.3, -0.25) is 4.79 Å². The number of para-hydroxylation sites is 1. The summed E-state index contributed by atoms with van der Waals surface area (Å²) >= 11 is 0. The topological polar surface area (TPSA) is 76.3 Å². The van der Waals surface area contributed by atoms with Crippen molar-refractivity contribution in [2.75, 3.05) is 12.1 Å². The number of nitrogens with one attached hydrogen (secondary N) is 1. The van der Waals surface area contributed by atoms with Crippen LogP contribution in [0.5, 0.6) is 11.5 Å². The predicted molar refractivity (Wildman–Crippen MR) is 110 cm³/mol. The second kappa shape index (κ2) is 7.76. The summed E-state index contributed by atoms with van der Waals surface area (Å²) in [5.74, 6) is 0.233. The first-order valence-electron chi connectivity index (χ1n) is 9.24. The number of aryl methyl sites for hydroxylation is 1. The number of fused-ring (bicyclic) bond motifs is 1. The Kier molecular flexibility index (Phi) is 4.98. The number of nitrogens with zero attached hydrogens (tertiary/aromatic N) is 2. The second-order valence-corrected chi connectivity index (χ2v) is 6.81.